The maximum atomic E-state index is 12.7. The Kier molecular flexibility index (Phi) is 6.16. The predicted molar refractivity (Wildman–Crippen MR) is 104 cm³/mol. The van der Waals surface area contributed by atoms with Gasteiger partial charge < -0.3 is 10.1 Å². The molecule has 0 aliphatic heterocycles. The van der Waals surface area contributed by atoms with E-state index >= 15 is 0 Å². The van der Waals surface area contributed by atoms with Gasteiger partial charge >= 0.3 is 5.97 Å². The highest BCUT2D eigenvalue weighted by Crippen LogP contribution is 2.19. The number of carbonyl (C=O) groups excluding carboxylic acids is 2. The molecule has 0 saturated carbocycles. The fourth-order valence-electron chi connectivity index (χ4n) is 2.72. The molecule has 1 amide bonds. The molecule has 1 N–H and O–H groups in total. The van der Waals surface area contributed by atoms with Crippen LogP contribution in [0, 0.1) is 0 Å². The molecule has 2 aromatic heterocycles. The summed E-state index contributed by atoms with van der Waals surface area (Å²) in [7, 11) is 0. The standard InChI is InChI=1S/C21H22N4O3/c1-15(2)28-20(26)12-18(16-6-4-3-5-7-16)24-21(27)17-8-9-19(23-13-17)25-11-10-22-14-25/h3-11,13-15,18H,12H2,1-2H3,(H,24,27). The van der Waals surface area contributed by atoms with Crippen LogP contribution >= 0.6 is 0 Å². The monoisotopic (exact) mass is 378 g/mol. The van der Waals surface area contributed by atoms with Gasteiger partial charge in [0.05, 0.1) is 24.1 Å². The van der Waals surface area contributed by atoms with Gasteiger partial charge in [0.15, 0.2) is 0 Å². The third kappa shape index (κ3) is 5.03. The first-order valence-electron chi connectivity index (χ1n) is 9.02. The summed E-state index contributed by atoms with van der Waals surface area (Å²) in [6.07, 6.45) is 6.40. The predicted octanol–water partition coefficient (Wildman–Crippen LogP) is 3.08. The average Bonchev–Trinajstić information content (AvgIpc) is 3.22. The summed E-state index contributed by atoms with van der Waals surface area (Å²) >= 11 is 0. The molecule has 3 aromatic rings. The molecule has 1 aromatic carbocycles. The van der Waals surface area contributed by atoms with Crippen LogP contribution in [0.5, 0.6) is 0 Å². The van der Waals surface area contributed by atoms with Crippen LogP contribution in [0.1, 0.15) is 42.2 Å². The Bertz CT molecular complexity index is 907. The van der Waals surface area contributed by atoms with Gasteiger partial charge in [-0.2, -0.15) is 0 Å². The molecule has 0 aliphatic carbocycles. The molecule has 144 valence electrons. The summed E-state index contributed by atoms with van der Waals surface area (Å²) < 4.78 is 6.98. The Balaban J connectivity index is 1.74. The molecule has 0 fully saturated rings. The summed E-state index contributed by atoms with van der Waals surface area (Å²) in [5.41, 5.74) is 1.24. The minimum Gasteiger partial charge on any atom is -0.463 e. The second kappa shape index (κ2) is 8.94. The lowest BCUT2D eigenvalue weighted by Gasteiger charge is -2.19. The molecule has 0 spiro atoms. The molecule has 3 rings (SSSR count). The second-order valence-electron chi connectivity index (χ2n) is 6.55. The largest absolute Gasteiger partial charge is 0.463 e. The molecule has 0 aliphatic rings. The van der Waals surface area contributed by atoms with E-state index in [4.69, 9.17) is 4.74 Å². The molecule has 7 nitrogen and oxygen atoms in total. The van der Waals surface area contributed by atoms with Gasteiger partial charge in [0.2, 0.25) is 0 Å². The molecule has 1 atom stereocenters. The van der Waals surface area contributed by atoms with Gasteiger partial charge in [-0.1, -0.05) is 30.3 Å². The van der Waals surface area contributed by atoms with Gasteiger partial charge in [-0.15, -0.1) is 0 Å². The van der Waals surface area contributed by atoms with Crippen LogP contribution in [0.25, 0.3) is 5.82 Å². The molecular formula is C21H22N4O3. The normalized spacial score (nSPS) is 11.8. The fourth-order valence-corrected chi connectivity index (χ4v) is 2.72. The average molecular weight is 378 g/mol. The summed E-state index contributed by atoms with van der Waals surface area (Å²) in [6, 6.07) is 12.3. The SMILES string of the molecule is CC(C)OC(=O)CC(NC(=O)c1ccc(-n2ccnc2)nc1)c1ccccc1. The Morgan fingerprint density at radius 1 is 1.14 bits per heavy atom. The summed E-state index contributed by atoms with van der Waals surface area (Å²) in [6.45, 7) is 3.59. The lowest BCUT2D eigenvalue weighted by atomic mass is 10.0. The topological polar surface area (TPSA) is 86.1 Å². The first-order valence-corrected chi connectivity index (χ1v) is 9.02. The van der Waals surface area contributed by atoms with Crippen LogP contribution in [-0.4, -0.2) is 32.5 Å². The Morgan fingerprint density at radius 2 is 1.93 bits per heavy atom. The third-order valence-corrected chi connectivity index (χ3v) is 4.02. The van der Waals surface area contributed by atoms with Crippen molar-refractivity contribution in [1.29, 1.82) is 0 Å². The zero-order valence-corrected chi connectivity index (χ0v) is 15.8. The van der Waals surface area contributed by atoms with E-state index in [0.29, 0.717) is 11.4 Å². The maximum absolute atomic E-state index is 12.7. The van der Waals surface area contributed by atoms with Crippen LogP contribution in [0.4, 0.5) is 0 Å². The molecule has 7 heteroatoms. The van der Waals surface area contributed by atoms with E-state index in [9.17, 15) is 9.59 Å². The van der Waals surface area contributed by atoms with Crippen LogP contribution in [-0.2, 0) is 9.53 Å². The number of hydrogen-bond acceptors (Lipinski definition) is 5. The van der Waals surface area contributed by atoms with Gasteiger partial charge in [0.1, 0.15) is 12.1 Å². The Morgan fingerprint density at radius 3 is 2.54 bits per heavy atom. The molecule has 0 radical (unpaired) electrons. The van der Waals surface area contributed by atoms with Crippen molar-refractivity contribution in [2.75, 3.05) is 0 Å². The first-order chi connectivity index (χ1) is 13.5. The first kappa shape index (κ1) is 19.3. The van der Waals surface area contributed by atoms with Crippen molar-refractivity contribution in [3.8, 4) is 5.82 Å². The summed E-state index contributed by atoms with van der Waals surface area (Å²) in [5.74, 6) is -0.0113. The number of aromatic nitrogens is 3. The zero-order valence-electron chi connectivity index (χ0n) is 15.8. The molecule has 1 unspecified atom stereocenters. The van der Waals surface area contributed by atoms with Crippen molar-refractivity contribution in [3.05, 3.63) is 78.5 Å². The van der Waals surface area contributed by atoms with Crippen molar-refractivity contribution in [1.82, 2.24) is 19.9 Å². The molecule has 2 heterocycles. The molecule has 28 heavy (non-hydrogen) atoms. The van der Waals surface area contributed by atoms with E-state index in [1.807, 2.05) is 30.3 Å². The van der Waals surface area contributed by atoms with E-state index in [-0.39, 0.29) is 24.4 Å². The lowest BCUT2D eigenvalue weighted by Crippen LogP contribution is -2.31. The highest BCUT2D eigenvalue weighted by atomic mass is 16.5. The van der Waals surface area contributed by atoms with Crippen molar-refractivity contribution in [3.63, 3.8) is 0 Å². The van der Waals surface area contributed by atoms with Crippen LogP contribution < -0.4 is 5.32 Å². The Labute approximate surface area is 163 Å². The molecule has 0 bridgehead atoms. The van der Waals surface area contributed by atoms with E-state index in [0.717, 1.165) is 5.56 Å². The number of nitrogens with one attached hydrogen (secondary N) is 1. The second-order valence-corrected chi connectivity index (χ2v) is 6.55. The number of pyridine rings is 1. The van der Waals surface area contributed by atoms with Crippen molar-refractivity contribution >= 4 is 11.9 Å². The quantitative estimate of drug-likeness (QED) is 0.639. The third-order valence-electron chi connectivity index (χ3n) is 4.02. The number of amides is 1. The van der Waals surface area contributed by atoms with E-state index in [1.165, 1.54) is 6.20 Å². The lowest BCUT2D eigenvalue weighted by molar-refractivity contribution is -0.147. The van der Waals surface area contributed by atoms with E-state index in [2.05, 4.69) is 15.3 Å². The number of ether oxygens (including phenoxy) is 1. The van der Waals surface area contributed by atoms with Crippen molar-refractivity contribution in [2.24, 2.45) is 0 Å². The number of benzene rings is 1. The van der Waals surface area contributed by atoms with Gasteiger partial charge in [-0.05, 0) is 31.5 Å². The van der Waals surface area contributed by atoms with Crippen LogP contribution in [0.2, 0.25) is 0 Å². The molecular weight excluding hydrogens is 356 g/mol. The maximum Gasteiger partial charge on any atom is 0.308 e. The van der Waals surface area contributed by atoms with E-state index in [1.54, 1.807) is 49.3 Å². The zero-order chi connectivity index (χ0) is 19.9. The minimum atomic E-state index is -0.492. The van der Waals surface area contributed by atoms with Gasteiger partial charge in [-0.3, -0.25) is 14.2 Å². The van der Waals surface area contributed by atoms with Gasteiger partial charge in [-0.25, -0.2) is 9.97 Å². The van der Waals surface area contributed by atoms with E-state index < -0.39 is 6.04 Å². The number of carbonyl (C=O) groups is 2. The summed E-state index contributed by atoms with van der Waals surface area (Å²) in [4.78, 5) is 33.1. The van der Waals surface area contributed by atoms with Crippen molar-refractivity contribution in [2.45, 2.75) is 32.4 Å². The molecule has 0 saturated heterocycles. The van der Waals surface area contributed by atoms with Crippen molar-refractivity contribution < 1.29 is 14.3 Å². The minimum absolute atomic E-state index is 0.0501. The van der Waals surface area contributed by atoms with Gasteiger partial charge in [0.25, 0.3) is 5.91 Å². The highest BCUT2D eigenvalue weighted by Gasteiger charge is 2.21. The van der Waals surface area contributed by atoms with Gasteiger partial charge in [0, 0.05) is 18.6 Å². The fraction of sp³-hybridized carbons (Fsp3) is 0.238. The number of imidazole rings is 1. The highest BCUT2D eigenvalue weighted by molar-refractivity contribution is 5.94. The Hall–Kier alpha value is -3.48. The van der Waals surface area contributed by atoms with Crippen LogP contribution in [0.3, 0.4) is 0 Å². The number of rotatable bonds is 7. The number of nitrogens with zero attached hydrogens (tertiary/aromatic N) is 3. The van der Waals surface area contributed by atoms with Crippen LogP contribution in [0.15, 0.2) is 67.4 Å². The summed E-state index contributed by atoms with van der Waals surface area (Å²) in [5, 5.41) is 2.91. The number of hydrogen-bond donors (Lipinski definition) is 1. The smallest absolute Gasteiger partial charge is 0.308 e. The number of esters is 1.